The topological polar surface area (TPSA) is 0 Å². The maximum Gasteiger partial charge on any atom is 0.125 e. The van der Waals surface area contributed by atoms with Crippen molar-refractivity contribution < 1.29 is 0 Å². The fourth-order valence-corrected chi connectivity index (χ4v) is 5.29. The van der Waals surface area contributed by atoms with Crippen LogP contribution < -0.4 is 0 Å². The SMILES string of the molecule is CC12CCC[S+]1CCC2. The Balaban J connectivity index is 2.17. The molecule has 0 aromatic rings. The molecule has 0 saturated carbocycles. The van der Waals surface area contributed by atoms with Gasteiger partial charge < -0.3 is 0 Å². The molecule has 0 aliphatic carbocycles. The number of rotatable bonds is 0. The molecule has 0 nitrogen and oxygen atoms in total. The molecule has 2 aliphatic heterocycles. The second-order valence-corrected chi connectivity index (χ2v) is 6.35. The third-order valence-corrected chi connectivity index (χ3v) is 6.25. The minimum absolute atomic E-state index is 0.833. The van der Waals surface area contributed by atoms with Gasteiger partial charge in [0, 0.05) is 12.8 Å². The quantitative estimate of drug-likeness (QED) is 0.455. The van der Waals surface area contributed by atoms with E-state index >= 15 is 0 Å². The van der Waals surface area contributed by atoms with Crippen LogP contribution >= 0.6 is 0 Å². The van der Waals surface area contributed by atoms with Crippen LogP contribution in [0.3, 0.4) is 0 Å². The summed E-state index contributed by atoms with van der Waals surface area (Å²) in [6.45, 7) is 2.51. The van der Waals surface area contributed by atoms with Gasteiger partial charge in [-0.1, -0.05) is 0 Å². The van der Waals surface area contributed by atoms with E-state index in [9.17, 15) is 0 Å². The first kappa shape index (κ1) is 6.09. The molecule has 0 atom stereocenters. The van der Waals surface area contributed by atoms with Gasteiger partial charge in [0.15, 0.2) is 0 Å². The molecule has 2 rings (SSSR count). The van der Waals surface area contributed by atoms with E-state index in [4.69, 9.17) is 0 Å². The fourth-order valence-electron chi connectivity index (χ4n) is 2.25. The Bertz CT molecular complexity index is 110. The van der Waals surface area contributed by atoms with Crippen LogP contribution in [0.4, 0.5) is 0 Å². The smallest absolute Gasteiger partial charge is 0.0141 e. The Hall–Kier alpha value is 0.350. The molecule has 52 valence electrons. The average Bonchev–Trinajstić information content (AvgIpc) is 2.22. The van der Waals surface area contributed by atoms with Crippen molar-refractivity contribution in [2.75, 3.05) is 11.5 Å². The predicted octanol–water partition coefficient (Wildman–Crippen LogP) is 1.95. The van der Waals surface area contributed by atoms with E-state index in [1.54, 1.807) is 11.5 Å². The molecule has 9 heavy (non-hydrogen) atoms. The lowest BCUT2D eigenvalue weighted by Gasteiger charge is -2.13. The fraction of sp³-hybridized carbons (Fsp3) is 1.00. The van der Waals surface area contributed by atoms with Crippen molar-refractivity contribution in [1.29, 1.82) is 0 Å². The van der Waals surface area contributed by atoms with Gasteiger partial charge in [0.05, 0.1) is 0 Å². The highest BCUT2D eigenvalue weighted by atomic mass is 32.2. The molecule has 0 aromatic heterocycles. The Morgan fingerprint density at radius 2 is 1.67 bits per heavy atom. The highest BCUT2D eigenvalue weighted by Crippen LogP contribution is 2.42. The van der Waals surface area contributed by atoms with Crippen molar-refractivity contribution in [2.24, 2.45) is 0 Å². The lowest BCUT2D eigenvalue weighted by atomic mass is 10.0. The molecule has 0 unspecified atom stereocenters. The molecule has 0 bridgehead atoms. The summed E-state index contributed by atoms with van der Waals surface area (Å²) in [5.41, 5.74) is 0. The van der Waals surface area contributed by atoms with Crippen molar-refractivity contribution in [3.05, 3.63) is 0 Å². The van der Waals surface area contributed by atoms with E-state index in [0.717, 1.165) is 15.6 Å². The standard InChI is InChI=1S/C8H15S/c1-8-4-2-6-9(8)7-3-5-8/h2-7H2,1H3/q+1. The van der Waals surface area contributed by atoms with Crippen LogP contribution in [-0.2, 0) is 10.9 Å². The third kappa shape index (κ3) is 0.813. The second-order valence-electron chi connectivity index (χ2n) is 3.56. The van der Waals surface area contributed by atoms with E-state index in [1.807, 2.05) is 0 Å². The summed E-state index contributed by atoms with van der Waals surface area (Å²) >= 11 is 0. The number of hydrogen-bond acceptors (Lipinski definition) is 0. The maximum atomic E-state index is 2.51. The summed E-state index contributed by atoms with van der Waals surface area (Å²) in [7, 11) is 0.867. The normalized spacial score (nSPS) is 49.7. The maximum absolute atomic E-state index is 2.51. The highest BCUT2D eigenvalue weighted by Gasteiger charge is 2.50. The van der Waals surface area contributed by atoms with Crippen LogP contribution in [0.5, 0.6) is 0 Å². The Morgan fingerprint density at radius 3 is 2.11 bits per heavy atom. The molecule has 2 fully saturated rings. The van der Waals surface area contributed by atoms with Gasteiger partial charge in [-0.3, -0.25) is 0 Å². The zero-order valence-electron chi connectivity index (χ0n) is 6.15. The van der Waals surface area contributed by atoms with Crippen molar-refractivity contribution in [1.82, 2.24) is 0 Å². The van der Waals surface area contributed by atoms with Crippen LogP contribution in [0.15, 0.2) is 0 Å². The first-order valence-corrected chi connectivity index (χ1v) is 5.55. The lowest BCUT2D eigenvalue weighted by molar-refractivity contribution is 0.572. The van der Waals surface area contributed by atoms with Gasteiger partial charge in [0.1, 0.15) is 16.3 Å². The van der Waals surface area contributed by atoms with Gasteiger partial charge >= 0.3 is 0 Å². The van der Waals surface area contributed by atoms with E-state index < -0.39 is 0 Å². The zero-order chi connectivity index (χ0) is 6.32. The van der Waals surface area contributed by atoms with Crippen LogP contribution in [0, 0.1) is 0 Å². The van der Waals surface area contributed by atoms with Crippen molar-refractivity contribution in [3.8, 4) is 0 Å². The van der Waals surface area contributed by atoms with E-state index in [0.29, 0.717) is 0 Å². The molecular formula is C8H15S+. The summed E-state index contributed by atoms with van der Waals surface area (Å²) in [5.74, 6) is 3.13. The molecule has 1 heteroatoms. The van der Waals surface area contributed by atoms with Gasteiger partial charge in [-0.2, -0.15) is 0 Å². The van der Waals surface area contributed by atoms with Crippen molar-refractivity contribution in [3.63, 3.8) is 0 Å². The molecule has 0 N–H and O–H groups in total. The molecule has 2 saturated heterocycles. The molecule has 0 spiro atoms. The molecule has 2 aliphatic rings. The summed E-state index contributed by atoms with van der Waals surface area (Å²) in [6, 6.07) is 0. The van der Waals surface area contributed by atoms with Gasteiger partial charge in [-0.15, -0.1) is 0 Å². The summed E-state index contributed by atoms with van der Waals surface area (Å²) in [6.07, 6.45) is 6.13. The van der Waals surface area contributed by atoms with Gasteiger partial charge in [-0.25, -0.2) is 0 Å². The first-order valence-electron chi connectivity index (χ1n) is 3.99. The minimum Gasteiger partial charge on any atom is -0.0141 e. The predicted molar refractivity (Wildman–Crippen MR) is 44.0 cm³/mol. The zero-order valence-corrected chi connectivity index (χ0v) is 6.97. The average molecular weight is 143 g/mol. The Morgan fingerprint density at radius 1 is 1.11 bits per heavy atom. The van der Waals surface area contributed by atoms with Gasteiger partial charge in [0.25, 0.3) is 0 Å². The summed E-state index contributed by atoms with van der Waals surface area (Å²) in [4.78, 5) is 0. The van der Waals surface area contributed by atoms with E-state index in [2.05, 4.69) is 6.92 Å². The summed E-state index contributed by atoms with van der Waals surface area (Å²) in [5, 5.41) is 0. The highest BCUT2D eigenvalue weighted by molar-refractivity contribution is 7.98. The van der Waals surface area contributed by atoms with Crippen molar-refractivity contribution >= 4 is 10.9 Å². The van der Waals surface area contributed by atoms with Crippen LogP contribution in [0.1, 0.15) is 32.6 Å². The minimum atomic E-state index is 0.833. The monoisotopic (exact) mass is 143 g/mol. The second kappa shape index (κ2) is 1.91. The first-order chi connectivity index (χ1) is 4.31. The number of fused-ring (bicyclic) bond motifs is 1. The van der Waals surface area contributed by atoms with E-state index in [1.165, 1.54) is 25.7 Å². The molecule has 0 amide bonds. The Kier molecular flexibility index (Phi) is 1.29. The molecule has 0 aromatic carbocycles. The van der Waals surface area contributed by atoms with Crippen LogP contribution in [-0.4, -0.2) is 16.3 Å². The molecular weight excluding hydrogens is 128 g/mol. The van der Waals surface area contributed by atoms with E-state index in [-0.39, 0.29) is 0 Å². The largest absolute Gasteiger partial charge is 0.125 e. The molecule has 2 heterocycles. The summed E-state index contributed by atoms with van der Waals surface area (Å²) < 4.78 is 0.833. The number of hydrogen-bond donors (Lipinski definition) is 0. The van der Waals surface area contributed by atoms with Gasteiger partial charge in [0.2, 0.25) is 0 Å². The van der Waals surface area contributed by atoms with Crippen molar-refractivity contribution in [2.45, 2.75) is 37.4 Å². The Labute approximate surface area is 60.4 Å². The van der Waals surface area contributed by atoms with Crippen LogP contribution in [0.2, 0.25) is 0 Å². The van der Waals surface area contributed by atoms with Crippen LogP contribution in [0.25, 0.3) is 0 Å². The third-order valence-electron chi connectivity index (χ3n) is 2.89. The lowest BCUT2D eigenvalue weighted by Crippen LogP contribution is -2.25. The van der Waals surface area contributed by atoms with Gasteiger partial charge in [-0.05, 0) is 30.7 Å². The molecule has 0 radical (unpaired) electrons.